The van der Waals surface area contributed by atoms with Gasteiger partial charge in [0.05, 0.1) is 0 Å². The number of aldehydes is 1. The standard InChI is InChI=1S/C18H18OS/c1-20-18-11-8-15(9-12-18)7-10-17(13-14-19)16-5-3-2-4-6-16/h2-6,8-9,11-14H,7,10H2,1H3/b17-13-. The van der Waals surface area contributed by atoms with Crippen LogP contribution in [-0.2, 0) is 11.2 Å². The van der Waals surface area contributed by atoms with Crippen LogP contribution in [0.3, 0.4) is 0 Å². The molecule has 1 nitrogen and oxygen atoms in total. The molecule has 0 aliphatic rings. The molecule has 0 fully saturated rings. The summed E-state index contributed by atoms with van der Waals surface area (Å²) in [6.45, 7) is 0. The molecule has 0 amide bonds. The molecule has 102 valence electrons. The van der Waals surface area contributed by atoms with Crippen LogP contribution in [-0.4, -0.2) is 12.5 Å². The zero-order valence-electron chi connectivity index (χ0n) is 11.6. The van der Waals surface area contributed by atoms with Gasteiger partial charge in [-0.1, -0.05) is 42.5 Å². The van der Waals surface area contributed by atoms with Crippen LogP contribution in [0, 0.1) is 0 Å². The summed E-state index contributed by atoms with van der Waals surface area (Å²) >= 11 is 1.75. The van der Waals surface area contributed by atoms with E-state index in [2.05, 4.69) is 30.5 Å². The van der Waals surface area contributed by atoms with Gasteiger partial charge in [-0.2, -0.15) is 0 Å². The second-order valence-corrected chi connectivity index (χ2v) is 5.42. The maximum atomic E-state index is 10.8. The first-order valence-electron chi connectivity index (χ1n) is 6.66. The molecule has 0 N–H and O–H groups in total. The van der Waals surface area contributed by atoms with E-state index < -0.39 is 0 Å². The Bertz CT molecular complexity index is 570. The van der Waals surface area contributed by atoms with E-state index in [0.717, 1.165) is 30.3 Å². The van der Waals surface area contributed by atoms with E-state index >= 15 is 0 Å². The number of hydrogen-bond donors (Lipinski definition) is 0. The quantitative estimate of drug-likeness (QED) is 0.437. The van der Waals surface area contributed by atoms with Gasteiger partial charge in [-0.15, -0.1) is 11.8 Å². The Morgan fingerprint density at radius 1 is 1.05 bits per heavy atom. The topological polar surface area (TPSA) is 17.1 Å². The molecule has 2 aromatic rings. The molecular weight excluding hydrogens is 264 g/mol. The second kappa shape index (κ2) is 7.71. The predicted molar refractivity (Wildman–Crippen MR) is 87.0 cm³/mol. The van der Waals surface area contributed by atoms with E-state index in [4.69, 9.17) is 0 Å². The lowest BCUT2D eigenvalue weighted by Crippen LogP contribution is -1.90. The molecule has 0 aromatic heterocycles. The monoisotopic (exact) mass is 282 g/mol. The van der Waals surface area contributed by atoms with E-state index in [1.165, 1.54) is 10.5 Å². The molecule has 2 aromatic carbocycles. The lowest BCUT2D eigenvalue weighted by molar-refractivity contribution is -0.104. The van der Waals surface area contributed by atoms with Gasteiger partial charge in [0.25, 0.3) is 0 Å². The van der Waals surface area contributed by atoms with E-state index in [1.807, 2.05) is 30.3 Å². The number of thioether (sulfide) groups is 1. The van der Waals surface area contributed by atoms with Crippen molar-refractivity contribution in [1.82, 2.24) is 0 Å². The molecular formula is C18H18OS. The summed E-state index contributed by atoms with van der Waals surface area (Å²) in [7, 11) is 0. The van der Waals surface area contributed by atoms with Crippen molar-refractivity contribution in [3.05, 3.63) is 71.8 Å². The Labute approximate surface area is 124 Å². The highest BCUT2D eigenvalue weighted by atomic mass is 32.2. The van der Waals surface area contributed by atoms with Gasteiger partial charge < -0.3 is 0 Å². The van der Waals surface area contributed by atoms with Crippen LogP contribution in [0.2, 0.25) is 0 Å². The summed E-state index contributed by atoms with van der Waals surface area (Å²) in [5.41, 5.74) is 3.52. The summed E-state index contributed by atoms with van der Waals surface area (Å²) in [4.78, 5) is 12.1. The Morgan fingerprint density at radius 3 is 2.35 bits per heavy atom. The molecule has 0 spiro atoms. The maximum absolute atomic E-state index is 10.8. The Balaban J connectivity index is 2.06. The van der Waals surface area contributed by atoms with Crippen molar-refractivity contribution >= 4 is 23.6 Å². The molecule has 20 heavy (non-hydrogen) atoms. The lowest BCUT2D eigenvalue weighted by atomic mass is 9.98. The van der Waals surface area contributed by atoms with Crippen molar-refractivity contribution in [3.63, 3.8) is 0 Å². The average molecular weight is 282 g/mol. The third-order valence-corrected chi connectivity index (χ3v) is 4.00. The molecule has 0 aliphatic carbocycles. The van der Waals surface area contributed by atoms with Crippen molar-refractivity contribution in [2.24, 2.45) is 0 Å². The lowest BCUT2D eigenvalue weighted by Gasteiger charge is -2.07. The van der Waals surface area contributed by atoms with Gasteiger partial charge in [0.2, 0.25) is 0 Å². The average Bonchev–Trinajstić information content (AvgIpc) is 2.53. The third-order valence-electron chi connectivity index (χ3n) is 3.26. The molecule has 2 rings (SSSR count). The zero-order valence-corrected chi connectivity index (χ0v) is 12.4. The number of hydrogen-bond acceptors (Lipinski definition) is 2. The summed E-state index contributed by atoms with van der Waals surface area (Å²) < 4.78 is 0. The molecule has 0 saturated heterocycles. The Morgan fingerprint density at radius 2 is 1.75 bits per heavy atom. The number of allylic oxidation sites excluding steroid dienone is 2. The van der Waals surface area contributed by atoms with Gasteiger partial charge in [0, 0.05) is 4.90 Å². The van der Waals surface area contributed by atoms with E-state index in [0.29, 0.717) is 0 Å². The van der Waals surface area contributed by atoms with Crippen LogP contribution in [0.5, 0.6) is 0 Å². The molecule has 0 saturated carbocycles. The van der Waals surface area contributed by atoms with E-state index in [1.54, 1.807) is 17.8 Å². The van der Waals surface area contributed by atoms with Gasteiger partial charge in [-0.05, 0) is 54.0 Å². The fourth-order valence-electron chi connectivity index (χ4n) is 2.13. The highest BCUT2D eigenvalue weighted by Gasteiger charge is 2.02. The number of carbonyl (C=O) groups excluding carboxylic acids is 1. The van der Waals surface area contributed by atoms with Crippen molar-refractivity contribution < 1.29 is 4.79 Å². The summed E-state index contributed by atoms with van der Waals surface area (Å²) in [6, 6.07) is 18.7. The van der Waals surface area contributed by atoms with Gasteiger partial charge >= 0.3 is 0 Å². The van der Waals surface area contributed by atoms with Gasteiger partial charge in [-0.3, -0.25) is 4.79 Å². The van der Waals surface area contributed by atoms with Crippen LogP contribution in [0.25, 0.3) is 5.57 Å². The molecule has 2 heteroatoms. The van der Waals surface area contributed by atoms with Crippen LogP contribution >= 0.6 is 11.8 Å². The molecule has 0 unspecified atom stereocenters. The molecule has 0 bridgehead atoms. The van der Waals surface area contributed by atoms with E-state index in [-0.39, 0.29) is 0 Å². The fourth-order valence-corrected chi connectivity index (χ4v) is 2.54. The summed E-state index contributed by atoms with van der Waals surface area (Å²) in [6.07, 6.45) is 6.45. The van der Waals surface area contributed by atoms with Gasteiger partial charge in [-0.25, -0.2) is 0 Å². The van der Waals surface area contributed by atoms with Crippen molar-refractivity contribution in [3.8, 4) is 0 Å². The Kier molecular flexibility index (Phi) is 5.63. The fraction of sp³-hybridized carbons (Fsp3) is 0.167. The minimum absolute atomic E-state index is 0.874. The number of aryl methyl sites for hydroxylation is 1. The highest BCUT2D eigenvalue weighted by Crippen LogP contribution is 2.21. The summed E-state index contributed by atoms with van der Waals surface area (Å²) in [5, 5.41) is 0. The first kappa shape index (κ1) is 14.6. The van der Waals surface area contributed by atoms with E-state index in [9.17, 15) is 4.79 Å². The third kappa shape index (κ3) is 4.10. The van der Waals surface area contributed by atoms with Gasteiger partial charge in [0.1, 0.15) is 6.29 Å². The smallest absolute Gasteiger partial charge is 0.143 e. The highest BCUT2D eigenvalue weighted by molar-refractivity contribution is 7.98. The minimum Gasteiger partial charge on any atom is -0.299 e. The second-order valence-electron chi connectivity index (χ2n) is 4.54. The number of carbonyl (C=O) groups is 1. The van der Waals surface area contributed by atoms with Crippen LogP contribution in [0.4, 0.5) is 0 Å². The normalized spacial score (nSPS) is 11.3. The van der Waals surface area contributed by atoms with Crippen LogP contribution < -0.4 is 0 Å². The number of rotatable bonds is 6. The van der Waals surface area contributed by atoms with Crippen LogP contribution in [0.1, 0.15) is 17.5 Å². The van der Waals surface area contributed by atoms with Crippen molar-refractivity contribution in [2.75, 3.05) is 6.26 Å². The summed E-state index contributed by atoms with van der Waals surface area (Å²) in [5.74, 6) is 0. The Hall–Kier alpha value is -1.80. The predicted octanol–water partition coefficient (Wildman–Crippen LogP) is 4.62. The first-order valence-corrected chi connectivity index (χ1v) is 7.88. The zero-order chi connectivity index (χ0) is 14.2. The largest absolute Gasteiger partial charge is 0.299 e. The SMILES string of the molecule is CSc1ccc(CC/C(=C/C=O)c2ccccc2)cc1. The molecule has 0 aliphatic heterocycles. The van der Waals surface area contributed by atoms with Crippen LogP contribution in [0.15, 0.2) is 65.6 Å². The van der Waals surface area contributed by atoms with Crippen molar-refractivity contribution in [2.45, 2.75) is 17.7 Å². The van der Waals surface area contributed by atoms with Gasteiger partial charge in [0.15, 0.2) is 0 Å². The molecule has 0 heterocycles. The maximum Gasteiger partial charge on any atom is 0.143 e. The minimum atomic E-state index is 0.874. The first-order chi connectivity index (χ1) is 9.83. The molecule has 0 atom stereocenters. The molecule has 0 radical (unpaired) electrons. The number of benzene rings is 2. The van der Waals surface area contributed by atoms with Crippen molar-refractivity contribution in [1.29, 1.82) is 0 Å².